The lowest BCUT2D eigenvalue weighted by Gasteiger charge is -2.54. The Hall–Kier alpha value is -10.9. The summed E-state index contributed by atoms with van der Waals surface area (Å²) in [7, 11) is 8.07. The molecule has 11 heterocycles. The number of amides is 9. The van der Waals surface area contributed by atoms with E-state index in [1.165, 1.54) is 60.1 Å². The molecular weight excluding hydrogens is 1630 g/mol. The number of likely N-dealkylation sites (tertiary alicyclic amines) is 2. The van der Waals surface area contributed by atoms with Crippen molar-refractivity contribution in [2.75, 3.05) is 199 Å². The van der Waals surface area contributed by atoms with Crippen LogP contribution in [0.4, 0.5) is 23.0 Å². The number of piperidine rings is 1. The molecule has 41 heteroatoms. The third-order valence-electron chi connectivity index (χ3n) is 21.8. The molecule has 8 N–H and O–H groups in total. The molecule has 4 aliphatic heterocycles. The van der Waals surface area contributed by atoms with Crippen molar-refractivity contribution in [1.29, 1.82) is 0 Å². The number of piperazine rings is 1. The van der Waals surface area contributed by atoms with Gasteiger partial charge in [-0.25, -0.2) is 15.0 Å². The van der Waals surface area contributed by atoms with Crippen LogP contribution in [0.3, 0.4) is 0 Å². The monoisotopic (exact) mass is 1740 g/mol. The van der Waals surface area contributed by atoms with Gasteiger partial charge in [0.2, 0.25) is 35.3 Å². The molecule has 123 heavy (non-hydrogen) atoms. The first-order valence-corrected chi connectivity index (χ1v) is 42.5. The van der Waals surface area contributed by atoms with Gasteiger partial charge in [-0.3, -0.25) is 62.5 Å². The Morgan fingerprint density at radius 3 is 1.49 bits per heavy atom. The van der Waals surface area contributed by atoms with Gasteiger partial charge in [0.25, 0.3) is 29.5 Å². The van der Waals surface area contributed by atoms with Crippen molar-refractivity contribution in [2.45, 2.75) is 65.3 Å². The van der Waals surface area contributed by atoms with E-state index in [0.717, 1.165) is 118 Å². The summed E-state index contributed by atoms with van der Waals surface area (Å²) in [6.45, 7) is 22.4. The van der Waals surface area contributed by atoms with E-state index in [-0.39, 0.29) is 122 Å². The highest BCUT2D eigenvalue weighted by Gasteiger charge is 2.47. The SMILES string of the molecule is Cc1sc2c(c1C)C(c1ccc(Cl)cc1)=N[C@@H](CC(=O)N1CC3(CCN(CCOCCOCCOCCN4CCN(CCOCCOCCOCCNC(=O)CCNC(=O)c5nc(NC(=O)CCNC(=O)c6cc(NC(=O)c7nc(NC(=O)CCNC(=O)c8cc(NC(=O)c9nccn9C)cn8C)cn7C)cn6C)cn5C)CC4)CC3)C1)c1nnc(C)n1-2. The summed E-state index contributed by atoms with van der Waals surface area (Å²) in [6.07, 6.45) is 11.2. The molecule has 662 valence electrons. The zero-order valence-corrected chi connectivity index (χ0v) is 72.5. The fourth-order valence-electron chi connectivity index (χ4n) is 14.9. The van der Waals surface area contributed by atoms with Gasteiger partial charge in [-0.2, -0.15) is 0 Å². The summed E-state index contributed by atoms with van der Waals surface area (Å²) in [5.74, 6) is -1.99. The number of aromatic nitrogens is 11. The molecule has 0 unspecified atom stereocenters. The minimum atomic E-state index is -0.636. The van der Waals surface area contributed by atoms with Crippen LogP contribution in [0.25, 0.3) is 5.00 Å². The van der Waals surface area contributed by atoms with E-state index in [9.17, 15) is 43.2 Å². The molecule has 1 atom stereocenters. The van der Waals surface area contributed by atoms with Crippen molar-refractivity contribution < 1.29 is 71.6 Å². The molecule has 9 amide bonds. The number of carbonyl (C=O) groups is 9. The molecule has 12 rings (SSSR count). The Labute approximate surface area is 721 Å². The van der Waals surface area contributed by atoms with Crippen molar-refractivity contribution in [3.05, 3.63) is 141 Å². The highest BCUT2D eigenvalue weighted by atomic mass is 35.5. The number of aliphatic imine (C=N–C) groups is 1. The molecule has 0 radical (unpaired) electrons. The predicted octanol–water partition coefficient (Wildman–Crippen LogP) is 3.67. The number of halogens is 1. The van der Waals surface area contributed by atoms with Crippen LogP contribution < -0.4 is 42.5 Å². The number of benzene rings is 1. The van der Waals surface area contributed by atoms with Crippen LogP contribution in [-0.2, 0) is 82.8 Å². The molecule has 8 aromatic rings. The summed E-state index contributed by atoms with van der Waals surface area (Å²) in [6, 6.07) is 10.2. The van der Waals surface area contributed by atoms with E-state index >= 15 is 0 Å². The number of carbonyl (C=O) groups excluding carboxylic acids is 9. The van der Waals surface area contributed by atoms with Gasteiger partial charge in [0, 0.05) is 203 Å². The fourth-order valence-corrected chi connectivity index (χ4v) is 16.2. The smallest absolute Gasteiger partial charge is 0.291 e. The average Bonchev–Trinajstić information content (AvgIpc) is 1.61. The molecule has 4 aliphatic rings. The van der Waals surface area contributed by atoms with Crippen molar-refractivity contribution in [2.24, 2.45) is 45.6 Å². The van der Waals surface area contributed by atoms with E-state index in [0.29, 0.717) is 89.2 Å². The van der Waals surface area contributed by atoms with Gasteiger partial charge < -0.3 is 104 Å². The molecule has 0 aliphatic carbocycles. The Morgan fingerprint density at radius 2 is 0.976 bits per heavy atom. The van der Waals surface area contributed by atoms with Crippen molar-refractivity contribution in [3.63, 3.8) is 0 Å². The van der Waals surface area contributed by atoms with Crippen LogP contribution in [0.2, 0.25) is 5.02 Å². The second-order valence-electron chi connectivity index (χ2n) is 30.9. The zero-order chi connectivity index (χ0) is 87.1. The van der Waals surface area contributed by atoms with Crippen LogP contribution in [0, 0.1) is 26.2 Å². The van der Waals surface area contributed by atoms with Gasteiger partial charge in [-0.05, 0) is 76.5 Å². The maximum absolute atomic E-state index is 14.0. The molecule has 3 fully saturated rings. The number of nitrogens with zero attached hydrogens (tertiary/aromatic N) is 16. The number of thiophene rings is 1. The summed E-state index contributed by atoms with van der Waals surface area (Å²) >= 11 is 8.01. The molecule has 1 aromatic carbocycles. The summed E-state index contributed by atoms with van der Waals surface area (Å²) < 4.78 is 44.2. The van der Waals surface area contributed by atoms with E-state index in [1.54, 1.807) is 63.5 Å². The Bertz CT molecular complexity index is 5020. The normalized spacial score (nSPS) is 15.2. The van der Waals surface area contributed by atoms with E-state index in [1.807, 2.05) is 36.1 Å². The van der Waals surface area contributed by atoms with Crippen molar-refractivity contribution in [1.82, 2.24) is 93.4 Å². The molecule has 0 bridgehead atoms. The van der Waals surface area contributed by atoms with Crippen LogP contribution in [0.5, 0.6) is 0 Å². The predicted molar refractivity (Wildman–Crippen MR) is 458 cm³/mol. The number of aryl methyl sites for hydroxylation is 7. The van der Waals surface area contributed by atoms with Gasteiger partial charge in [0.05, 0.1) is 103 Å². The summed E-state index contributed by atoms with van der Waals surface area (Å²) in [5, 5.41) is 32.2. The molecule has 1 spiro atoms. The summed E-state index contributed by atoms with van der Waals surface area (Å²) in [4.78, 5) is 145. The molecule has 7 aromatic heterocycles. The Morgan fingerprint density at radius 1 is 0.504 bits per heavy atom. The average molecular weight is 1740 g/mol. The number of fused-ring (bicyclic) bond motifs is 3. The molecule has 3 saturated heterocycles. The topological polar surface area (TPSA) is 425 Å². The highest BCUT2D eigenvalue weighted by molar-refractivity contribution is 7.15. The molecule has 0 saturated carbocycles. The number of rotatable bonds is 45. The standard InChI is InChI=1S/C82H111ClN24O15S/c1-54-55(2)123-81-70(54)71(57-9-11-58(83)12-10-57)91-61(72-97-96-56(3)107(72)81)47-69(111)106-52-82(53-106)16-23-103(24-17-82)30-34-118-38-43-122-44-40-120-36-32-105-28-26-104(27-29-105)31-35-119-39-42-121-41-37-117-33-22-84-66(108)13-18-88-78(114)74-94-64(50-101(74)7)92-67(109)14-19-87-77(113)63-46-60(49-100(63)6)90-80(116)75-95-65(51-102(75)8)93-68(110)15-20-86-76(112)62-45-59(48-99(62)5)89-79(115)73-85-21-25-98(73)4/h9-12,21,25,45-46,48-51,61H,13-20,22-24,26-44,47,52-53H2,1-8H3,(H,84,108)(H,86,112)(H,87,113)(H,88,114)(H,89,115)(H,90,116)(H,92,109)(H,93,110)/t61-/m0/s1. The highest BCUT2D eigenvalue weighted by Crippen LogP contribution is 2.43. The quantitative estimate of drug-likeness (QED) is 0.0252. The van der Waals surface area contributed by atoms with Gasteiger partial charge in [0.1, 0.15) is 28.3 Å². The number of hydrogen-bond acceptors (Lipinski definition) is 25. The lowest BCUT2D eigenvalue weighted by atomic mass is 9.72. The minimum absolute atomic E-state index is 0.00132. The van der Waals surface area contributed by atoms with Gasteiger partial charge in [0.15, 0.2) is 23.3 Å². The van der Waals surface area contributed by atoms with Crippen LogP contribution in [0.1, 0.15) is 131 Å². The lowest BCUT2D eigenvalue weighted by molar-refractivity contribution is -0.147. The van der Waals surface area contributed by atoms with Crippen LogP contribution in [-0.4, -0.2) is 308 Å². The molecular formula is C82H111ClN24O15S. The first kappa shape index (κ1) is 91.3. The zero-order valence-electron chi connectivity index (χ0n) is 70.9. The Balaban J connectivity index is 0.412. The van der Waals surface area contributed by atoms with Crippen LogP contribution >= 0.6 is 22.9 Å². The first-order chi connectivity index (χ1) is 59.3. The first-order valence-electron chi connectivity index (χ1n) is 41.3. The van der Waals surface area contributed by atoms with Gasteiger partial charge >= 0.3 is 0 Å². The number of imidazole rings is 3. The maximum Gasteiger partial charge on any atom is 0.291 e. The fraction of sp³-hybridized carbons (Fsp3) is 0.524. The van der Waals surface area contributed by atoms with Gasteiger partial charge in [-0.15, -0.1) is 21.5 Å². The number of anilines is 4. The van der Waals surface area contributed by atoms with E-state index in [4.69, 9.17) is 45.0 Å². The lowest BCUT2D eigenvalue weighted by Crippen LogP contribution is -2.62. The minimum Gasteiger partial charge on any atom is -0.378 e. The second-order valence-corrected chi connectivity index (χ2v) is 32.5. The van der Waals surface area contributed by atoms with Gasteiger partial charge in [-0.1, -0.05) is 23.7 Å². The second kappa shape index (κ2) is 43.9. The van der Waals surface area contributed by atoms with Crippen molar-refractivity contribution >= 4 is 105 Å². The van der Waals surface area contributed by atoms with Crippen molar-refractivity contribution in [3.8, 4) is 5.00 Å². The third kappa shape index (κ3) is 25.2. The Kier molecular flexibility index (Phi) is 32.6. The summed E-state index contributed by atoms with van der Waals surface area (Å²) in [5.41, 5.74) is 5.26. The number of hydrogen-bond donors (Lipinski definition) is 8. The number of nitrogens with one attached hydrogen (secondary N) is 8. The van der Waals surface area contributed by atoms with E-state index in [2.05, 4.69) is 101 Å². The van der Waals surface area contributed by atoms with Crippen LogP contribution in [0.15, 0.2) is 78.6 Å². The molecule has 39 nitrogen and oxygen atoms in total. The third-order valence-corrected chi connectivity index (χ3v) is 23.3. The number of ether oxygens (including phenoxy) is 6. The largest absolute Gasteiger partial charge is 0.378 e. The van der Waals surface area contributed by atoms with E-state index < -0.39 is 47.4 Å². The maximum atomic E-state index is 14.0.